The maximum atomic E-state index is 9.86. The zero-order valence-electron chi connectivity index (χ0n) is 11.0. The van der Waals surface area contributed by atoms with Crippen LogP contribution in [-0.4, -0.2) is 23.3 Å². The van der Waals surface area contributed by atoms with Gasteiger partial charge in [-0.05, 0) is 50.4 Å². The Morgan fingerprint density at radius 1 is 0.941 bits per heavy atom. The van der Waals surface area contributed by atoms with Gasteiger partial charge in [0, 0.05) is 11.6 Å². The van der Waals surface area contributed by atoms with Crippen LogP contribution in [0.5, 0.6) is 0 Å². The molecule has 2 N–H and O–H groups in total. The minimum atomic E-state index is 0.0838. The van der Waals surface area contributed by atoms with E-state index in [1.54, 1.807) is 0 Å². The highest BCUT2D eigenvalue weighted by molar-refractivity contribution is 4.99. The van der Waals surface area contributed by atoms with Gasteiger partial charge < -0.3 is 10.4 Å². The second-order valence-corrected chi connectivity index (χ2v) is 6.76. The maximum absolute atomic E-state index is 9.86. The maximum Gasteiger partial charge on any atom is 0.0613 e. The van der Waals surface area contributed by atoms with Crippen LogP contribution in [-0.2, 0) is 0 Å². The first-order valence-corrected chi connectivity index (χ1v) is 7.70. The lowest BCUT2D eigenvalue weighted by atomic mass is 9.73. The first kappa shape index (κ1) is 12.0. The summed E-state index contributed by atoms with van der Waals surface area (Å²) in [5, 5.41) is 13.7. The van der Waals surface area contributed by atoms with Crippen molar-refractivity contribution in [2.45, 2.75) is 75.8 Å². The summed E-state index contributed by atoms with van der Waals surface area (Å²) in [6.07, 6.45) is 13.5. The van der Waals surface area contributed by atoms with Crippen LogP contribution >= 0.6 is 0 Å². The fourth-order valence-electron chi connectivity index (χ4n) is 4.20. The van der Waals surface area contributed by atoms with Gasteiger partial charge in [-0.1, -0.05) is 25.7 Å². The second-order valence-electron chi connectivity index (χ2n) is 6.76. The Morgan fingerprint density at radius 2 is 1.71 bits per heavy atom. The van der Waals surface area contributed by atoms with Crippen LogP contribution in [0.25, 0.3) is 0 Å². The van der Waals surface area contributed by atoms with Gasteiger partial charge in [-0.3, -0.25) is 0 Å². The van der Waals surface area contributed by atoms with E-state index in [2.05, 4.69) is 5.32 Å². The SMILES string of the molecule is OCC1(NC2CCCC2)CCCC(C2CC2)C1. The molecule has 3 saturated carbocycles. The third-order valence-electron chi connectivity index (χ3n) is 5.34. The van der Waals surface area contributed by atoms with Crippen LogP contribution in [0.2, 0.25) is 0 Å². The van der Waals surface area contributed by atoms with Crippen molar-refractivity contribution in [2.75, 3.05) is 6.61 Å². The lowest BCUT2D eigenvalue weighted by Crippen LogP contribution is -2.55. The number of aliphatic hydroxyl groups is 1. The quantitative estimate of drug-likeness (QED) is 0.788. The van der Waals surface area contributed by atoms with Crippen molar-refractivity contribution in [1.29, 1.82) is 0 Å². The number of aliphatic hydroxyl groups excluding tert-OH is 1. The van der Waals surface area contributed by atoms with E-state index in [0.29, 0.717) is 12.6 Å². The molecule has 2 nitrogen and oxygen atoms in total. The Kier molecular flexibility index (Phi) is 3.45. The number of hydrogen-bond donors (Lipinski definition) is 2. The van der Waals surface area contributed by atoms with Crippen LogP contribution in [0.15, 0.2) is 0 Å². The molecule has 0 radical (unpaired) electrons. The summed E-state index contributed by atoms with van der Waals surface area (Å²) in [5.74, 6) is 1.91. The van der Waals surface area contributed by atoms with Gasteiger partial charge in [0.25, 0.3) is 0 Å². The predicted octanol–water partition coefficient (Wildman–Crippen LogP) is 2.85. The van der Waals surface area contributed by atoms with E-state index < -0.39 is 0 Å². The largest absolute Gasteiger partial charge is 0.394 e. The van der Waals surface area contributed by atoms with Crippen molar-refractivity contribution < 1.29 is 5.11 Å². The lowest BCUT2D eigenvalue weighted by Gasteiger charge is -2.42. The summed E-state index contributed by atoms with van der Waals surface area (Å²) in [5.41, 5.74) is 0.0838. The molecule has 3 rings (SSSR count). The van der Waals surface area contributed by atoms with Crippen molar-refractivity contribution in [2.24, 2.45) is 11.8 Å². The molecule has 2 heteroatoms. The van der Waals surface area contributed by atoms with Gasteiger partial charge in [0.2, 0.25) is 0 Å². The van der Waals surface area contributed by atoms with Gasteiger partial charge in [0.05, 0.1) is 6.61 Å². The van der Waals surface area contributed by atoms with Crippen molar-refractivity contribution in [3.63, 3.8) is 0 Å². The van der Waals surface area contributed by atoms with E-state index in [4.69, 9.17) is 0 Å². The molecule has 0 amide bonds. The van der Waals surface area contributed by atoms with Gasteiger partial charge in [0.1, 0.15) is 0 Å². The number of hydrogen-bond acceptors (Lipinski definition) is 2. The van der Waals surface area contributed by atoms with Gasteiger partial charge in [-0.25, -0.2) is 0 Å². The van der Waals surface area contributed by atoms with Crippen molar-refractivity contribution in [3.05, 3.63) is 0 Å². The molecule has 0 spiro atoms. The summed E-state index contributed by atoms with van der Waals surface area (Å²) in [6, 6.07) is 0.695. The molecule has 0 bridgehead atoms. The number of nitrogens with one attached hydrogen (secondary N) is 1. The molecule has 0 aromatic rings. The first-order valence-electron chi connectivity index (χ1n) is 7.70. The average molecular weight is 237 g/mol. The monoisotopic (exact) mass is 237 g/mol. The molecule has 3 aliphatic carbocycles. The van der Waals surface area contributed by atoms with E-state index in [1.165, 1.54) is 64.2 Å². The minimum Gasteiger partial charge on any atom is -0.394 e. The molecule has 3 fully saturated rings. The third-order valence-corrected chi connectivity index (χ3v) is 5.34. The van der Waals surface area contributed by atoms with E-state index in [9.17, 15) is 5.11 Å². The molecule has 98 valence electrons. The molecule has 3 aliphatic rings. The van der Waals surface area contributed by atoms with Gasteiger partial charge in [-0.2, -0.15) is 0 Å². The Hall–Kier alpha value is -0.0800. The Labute approximate surface area is 105 Å². The number of rotatable bonds is 4. The molecule has 0 aromatic carbocycles. The summed E-state index contributed by atoms with van der Waals surface area (Å²) >= 11 is 0. The summed E-state index contributed by atoms with van der Waals surface area (Å²) in [7, 11) is 0. The fraction of sp³-hybridized carbons (Fsp3) is 1.00. The van der Waals surface area contributed by atoms with Crippen LogP contribution < -0.4 is 5.32 Å². The smallest absolute Gasteiger partial charge is 0.0613 e. The molecule has 17 heavy (non-hydrogen) atoms. The standard InChI is InChI=1S/C15H27NO/c17-11-15(16-14-5-1-2-6-14)9-3-4-13(10-15)12-7-8-12/h12-14,16-17H,1-11H2. The van der Waals surface area contributed by atoms with Gasteiger partial charge in [-0.15, -0.1) is 0 Å². The molecule has 0 aromatic heterocycles. The molecular formula is C15H27NO. The predicted molar refractivity (Wildman–Crippen MR) is 69.9 cm³/mol. The van der Waals surface area contributed by atoms with E-state index in [0.717, 1.165) is 11.8 Å². The minimum absolute atomic E-state index is 0.0838. The van der Waals surface area contributed by atoms with Crippen LogP contribution in [0.3, 0.4) is 0 Å². The Balaban J connectivity index is 1.62. The Bertz CT molecular complexity index is 254. The molecule has 0 aliphatic heterocycles. The normalized spacial score (nSPS) is 39.7. The van der Waals surface area contributed by atoms with Crippen molar-refractivity contribution in [3.8, 4) is 0 Å². The van der Waals surface area contributed by atoms with Gasteiger partial charge >= 0.3 is 0 Å². The first-order chi connectivity index (χ1) is 8.31. The van der Waals surface area contributed by atoms with Crippen LogP contribution in [0.4, 0.5) is 0 Å². The third kappa shape index (κ3) is 2.68. The highest BCUT2D eigenvalue weighted by atomic mass is 16.3. The zero-order chi connectivity index (χ0) is 11.7. The van der Waals surface area contributed by atoms with Crippen molar-refractivity contribution >= 4 is 0 Å². The van der Waals surface area contributed by atoms with Crippen LogP contribution in [0, 0.1) is 11.8 Å². The average Bonchev–Trinajstić information content (AvgIpc) is 3.10. The van der Waals surface area contributed by atoms with E-state index >= 15 is 0 Å². The Morgan fingerprint density at radius 3 is 2.35 bits per heavy atom. The topological polar surface area (TPSA) is 32.3 Å². The van der Waals surface area contributed by atoms with E-state index in [-0.39, 0.29) is 5.54 Å². The fourth-order valence-corrected chi connectivity index (χ4v) is 4.20. The molecule has 2 atom stereocenters. The summed E-state index contributed by atoms with van der Waals surface area (Å²) < 4.78 is 0. The summed E-state index contributed by atoms with van der Waals surface area (Å²) in [4.78, 5) is 0. The highest BCUT2D eigenvalue weighted by Gasteiger charge is 2.42. The van der Waals surface area contributed by atoms with Gasteiger partial charge in [0.15, 0.2) is 0 Å². The molecular weight excluding hydrogens is 210 g/mol. The molecule has 0 heterocycles. The second kappa shape index (κ2) is 4.89. The lowest BCUT2D eigenvalue weighted by molar-refractivity contribution is 0.0787. The van der Waals surface area contributed by atoms with Crippen LogP contribution in [0.1, 0.15) is 64.2 Å². The highest BCUT2D eigenvalue weighted by Crippen LogP contribution is 2.46. The van der Waals surface area contributed by atoms with E-state index in [1.807, 2.05) is 0 Å². The van der Waals surface area contributed by atoms with Crippen molar-refractivity contribution in [1.82, 2.24) is 5.32 Å². The zero-order valence-corrected chi connectivity index (χ0v) is 11.0. The molecule has 0 saturated heterocycles. The molecule has 2 unspecified atom stereocenters. The summed E-state index contributed by atoms with van der Waals surface area (Å²) in [6.45, 7) is 0.354.